The smallest absolute Gasteiger partial charge is 0.255 e. The summed E-state index contributed by atoms with van der Waals surface area (Å²) in [6.07, 6.45) is 1.60. The first kappa shape index (κ1) is 18.7. The maximum Gasteiger partial charge on any atom is 0.255 e. The van der Waals surface area contributed by atoms with Gasteiger partial charge in [0.1, 0.15) is 11.6 Å². The molecule has 138 valence electrons. The Morgan fingerprint density at radius 1 is 1.15 bits per heavy atom. The summed E-state index contributed by atoms with van der Waals surface area (Å²) in [5.74, 6) is 0.903. The van der Waals surface area contributed by atoms with Crippen LogP contribution in [-0.4, -0.2) is 18.0 Å². The lowest BCUT2D eigenvalue weighted by atomic mass is 10.1. The lowest BCUT2D eigenvalue weighted by Gasteiger charge is -2.12. The zero-order valence-electron chi connectivity index (χ0n) is 15.1. The summed E-state index contributed by atoms with van der Waals surface area (Å²) in [6.45, 7) is 2.69. The first-order valence-electron chi connectivity index (χ1n) is 8.46. The van der Waals surface area contributed by atoms with Gasteiger partial charge in [0.05, 0.1) is 12.8 Å². The van der Waals surface area contributed by atoms with Gasteiger partial charge >= 0.3 is 0 Å². The van der Waals surface area contributed by atoms with Crippen molar-refractivity contribution in [3.8, 4) is 5.75 Å². The van der Waals surface area contributed by atoms with Crippen LogP contribution in [0, 0.1) is 6.92 Å². The number of anilines is 2. The van der Waals surface area contributed by atoms with E-state index in [4.69, 9.17) is 16.3 Å². The highest BCUT2D eigenvalue weighted by Gasteiger charge is 2.11. The molecule has 3 rings (SSSR count). The number of carbonyl (C=O) groups is 1. The normalized spacial score (nSPS) is 10.3. The second-order valence-corrected chi connectivity index (χ2v) is 6.44. The second kappa shape index (κ2) is 8.56. The fourth-order valence-corrected chi connectivity index (χ4v) is 2.81. The molecule has 1 aromatic heterocycles. The summed E-state index contributed by atoms with van der Waals surface area (Å²) in [5, 5.41) is 6.60. The number of benzene rings is 2. The zero-order valence-corrected chi connectivity index (χ0v) is 15.9. The van der Waals surface area contributed by atoms with Crippen LogP contribution in [0.4, 0.5) is 11.5 Å². The van der Waals surface area contributed by atoms with E-state index in [0.29, 0.717) is 34.4 Å². The largest absolute Gasteiger partial charge is 0.495 e. The van der Waals surface area contributed by atoms with Crippen LogP contribution in [0.5, 0.6) is 5.75 Å². The topological polar surface area (TPSA) is 63.2 Å². The number of hydrogen-bond donors (Lipinski definition) is 2. The number of carbonyl (C=O) groups excluding carboxylic acids is 1. The maximum atomic E-state index is 12.6. The van der Waals surface area contributed by atoms with Crippen molar-refractivity contribution in [2.75, 3.05) is 17.7 Å². The van der Waals surface area contributed by atoms with Crippen molar-refractivity contribution in [2.45, 2.75) is 13.5 Å². The molecule has 0 bridgehead atoms. The molecule has 0 aliphatic carbocycles. The van der Waals surface area contributed by atoms with Crippen molar-refractivity contribution in [1.29, 1.82) is 0 Å². The van der Waals surface area contributed by atoms with Gasteiger partial charge in [0.15, 0.2) is 0 Å². The van der Waals surface area contributed by atoms with Gasteiger partial charge in [0.25, 0.3) is 5.91 Å². The lowest BCUT2D eigenvalue weighted by molar-refractivity contribution is 0.102. The van der Waals surface area contributed by atoms with E-state index in [0.717, 1.165) is 0 Å². The van der Waals surface area contributed by atoms with E-state index in [2.05, 4.69) is 34.7 Å². The van der Waals surface area contributed by atoms with Crippen molar-refractivity contribution >= 4 is 29.0 Å². The number of methoxy groups -OCH3 is 1. The molecule has 0 radical (unpaired) electrons. The van der Waals surface area contributed by atoms with Gasteiger partial charge in [0.2, 0.25) is 0 Å². The Labute approximate surface area is 163 Å². The average molecular weight is 382 g/mol. The van der Waals surface area contributed by atoms with Crippen LogP contribution in [0.25, 0.3) is 0 Å². The Morgan fingerprint density at radius 2 is 1.96 bits per heavy atom. The summed E-state index contributed by atoms with van der Waals surface area (Å²) in [6, 6.07) is 16.6. The fourth-order valence-electron chi connectivity index (χ4n) is 2.64. The Hall–Kier alpha value is -3.05. The fraction of sp³-hybridized carbons (Fsp3) is 0.143. The van der Waals surface area contributed by atoms with Gasteiger partial charge in [-0.1, -0.05) is 35.9 Å². The number of ether oxygens (including phenoxy) is 1. The van der Waals surface area contributed by atoms with E-state index in [1.807, 2.05) is 12.1 Å². The summed E-state index contributed by atoms with van der Waals surface area (Å²) in [7, 11) is 1.54. The van der Waals surface area contributed by atoms with E-state index in [1.165, 1.54) is 11.1 Å². The molecule has 0 aliphatic rings. The molecule has 2 N–H and O–H groups in total. The van der Waals surface area contributed by atoms with E-state index in [-0.39, 0.29) is 5.91 Å². The molecule has 0 aliphatic heterocycles. The van der Waals surface area contributed by atoms with Gasteiger partial charge < -0.3 is 15.4 Å². The van der Waals surface area contributed by atoms with Gasteiger partial charge in [-0.05, 0) is 48.4 Å². The van der Waals surface area contributed by atoms with Crippen LogP contribution >= 0.6 is 11.6 Å². The van der Waals surface area contributed by atoms with Crippen molar-refractivity contribution < 1.29 is 9.53 Å². The van der Waals surface area contributed by atoms with Gasteiger partial charge in [-0.25, -0.2) is 4.98 Å². The van der Waals surface area contributed by atoms with Crippen molar-refractivity contribution in [3.63, 3.8) is 0 Å². The third kappa shape index (κ3) is 4.77. The molecule has 1 heterocycles. The molecule has 1 amide bonds. The summed E-state index contributed by atoms with van der Waals surface area (Å²) >= 11 is 6.01. The molecule has 0 unspecified atom stereocenters. The minimum absolute atomic E-state index is 0.267. The third-order valence-corrected chi connectivity index (χ3v) is 4.39. The Bertz CT molecular complexity index is 960. The Kier molecular flexibility index (Phi) is 5.94. The number of aromatic nitrogens is 1. The first-order chi connectivity index (χ1) is 13.1. The van der Waals surface area contributed by atoms with E-state index >= 15 is 0 Å². The molecule has 0 saturated carbocycles. The highest BCUT2D eigenvalue weighted by molar-refractivity contribution is 6.31. The molecule has 0 spiro atoms. The van der Waals surface area contributed by atoms with Crippen LogP contribution in [-0.2, 0) is 6.54 Å². The predicted molar refractivity (Wildman–Crippen MR) is 109 cm³/mol. The summed E-state index contributed by atoms with van der Waals surface area (Å²) < 4.78 is 5.26. The standard InChI is InChI=1S/C21H20ClN3O2/c1-14-5-3-4-6-16(14)13-24-20-11-15(9-10-23-20)21(26)25-18-12-17(22)7-8-19(18)27-2/h3-12H,13H2,1-2H3,(H,23,24)(H,25,26). The predicted octanol–water partition coefficient (Wildman–Crippen LogP) is 4.92. The first-order valence-corrected chi connectivity index (χ1v) is 8.84. The van der Waals surface area contributed by atoms with Gasteiger partial charge in [-0.2, -0.15) is 0 Å². The number of amides is 1. The SMILES string of the molecule is COc1ccc(Cl)cc1NC(=O)c1ccnc(NCc2ccccc2C)c1. The number of hydrogen-bond acceptors (Lipinski definition) is 4. The average Bonchev–Trinajstić information content (AvgIpc) is 2.68. The second-order valence-electron chi connectivity index (χ2n) is 6.01. The maximum absolute atomic E-state index is 12.6. The highest BCUT2D eigenvalue weighted by Crippen LogP contribution is 2.28. The number of aryl methyl sites for hydroxylation is 1. The molecule has 3 aromatic rings. The van der Waals surface area contributed by atoms with Gasteiger partial charge in [0, 0.05) is 23.3 Å². The minimum atomic E-state index is -0.267. The van der Waals surface area contributed by atoms with Crippen molar-refractivity contribution in [2.24, 2.45) is 0 Å². The highest BCUT2D eigenvalue weighted by atomic mass is 35.5. The number of pyridine rings is 1. The van der Waals surface area contributed by atoms with E-state index in [1.54, 1.807) is 43.6 Å². The van der Waals surface area contributed by atoms with E-state index in [9.17, 15) is 4.79 Å². The molecule has 0 atom stereocenters. The Morgan fingerprint density at radius 3 is 2.74 bits per heavy atom. The quantitative estimate of drug-likeness (QED) is 0.636. The molecule has 5 nitrogen and oxygen atoms in total. The number of nitrogens with zero attached hydrogens (tertiary/aromatic N) is 1. The van der Waals surface area contributed by atoms with Crippen LogP contribution in [0.15, 0.2) is 60.8 Å². The van der Waals surface area contributed by atoms with Crippen LogP contribution in [0.2, 0.25) is 5.02 Å². The van der Waals surface area contributed by atoms with Crippen LogP contribution < -0.4 is 15.4 Å². The van der Waals surface area contributed by atoms with Crippen LogP contribution in [0.1, 0.15) is 21.5 Å². The third-order valence-electron chi connectivity index (χ3n) is 4.15. The summed E-state index contributed by atoms with van der Waals surface area (Å²) in [4.78, 5) is 16.9. The molecular formula is C21H20ClN3O2. The number of rotatable bonds is 6. The Balaban J connectivity index is 1.72. The zero-order chi connectivity index (χ0) is 19.2. The molecular weight excluding hydrogens is 362 g/mol. The molecule has 0 saturated heterocycles. The van der Waals surface area contributed by atoms with Crippen LogP contribution in [0.3, 0.4) is 0 Å². The molecule has 0 fully saturated rings. The minimum Gasteiger partial charge on any atom is -0.495 e. The van der Waals surface area contributed by atoms with Gasteiger partial charge in [-0.3, -0.25) is 4.79 Å². The molecule has 6 heteroatoms. The number of nitrogens with one attached hydrogen (secondary N) is 2. The number of halogens is 1. The van der Waals surface area contributed by atoms with Crippen molar-refractivity contribution in [1.82, 2.24) is 4.98 Å². The molecule has 27 heavy (non-hydrogen) atoms. The van der Waals surface area contributed by atoms with Gasteiger partial charge in [-0.15, -0.1) is 0 Å². The lowest BCUT2D eigenvalue weighted by Crippen LogP contribution is -2.13. The summed E-state index contributed by atoms with van der Waals surface area (Å²) in [5.41, 5.74) is 3.38. The van der Waals surface area contributed by atoms with E-state index < -0.39 is 0 Å². The van der Waals surface area contributed by atoms with Crippen molar-refractivity contribution in [3.05, 3.63) is 82.5 Å². The molecule has 2 aromatic carbocycles. The monoisotopic (exact) mass is 381 g/mol.